The molecule has 0 aromatic carbocycles. The Kier molecular flexibility index (Phi) is 3.11. The Bertz CT molecular complexity index is 368. The third kappa shape index (κ3) is 1.83. The molecule has 3 nitrogen and oxygen atoms in total. The average Bonchev–Trinajstić information content (AvgIpc) is 2.86. The van der Waals surface area contributed by atoms with E-state index in [0.29, 0.717) is 29.5 Å². The fourth-order valence-corrected chi connectivity index (χ4v) is 2.59. The van der Waals surface area contributed by atoms with E-state index in [4.69, 9.17) is 21.1 Å². The summed E-state index contributed by atoms with van der Waals surface area (Å²) in [4.78, 5) is 12.2. The minimum absolute atomic E-state index is 0.0752. The van der Waals surface area contributed by atoms with Gasteiger partial charge in [0.2, 0.25) is 0 Å². The zero-order valence-electron chi connectivity index (χ0n) is 8.29. The van der Waals surface area contributed by atoms with Crippen LogP contribution in [0.15, 0.2) is 11.4 Å². The zero-order chi connectivity index (χ0) is 10.9. The van der Waals surface area contributed by atoms with Crippen molar-refractivity contribution in [3.8, 4) is 0 Å². The van der Waals surface area contributed by atoms with Crippen molar-refractivity contribution in [1.29, 1.82) is 0 Å². The fourth-order valence-electron chi connectivity index (χ4n) is 1.68. The number of ketones is 1. The summed E-state index contributed by atoms with van der Waals surface area (Å²) in [5.74, 6) is -0.0752. The number of carbonyl (C=O) groups excluding carboxylic acids is 1. The number of carbonyl (C=O) groups is 1. The molecule has 1 fully saturated rings. The first kappa shape index (κ1) is 11.1. The summed E-state index contributed by atoms with van der Waals surface area (Å²) in [5, 5.41) is 1.80. The molecule has 1 aliphatic rings. The van der Waals surface area contributed by atoms with Crippen molar-refractivity contribution in [3.63, 3.8) is 0 Å². The van der Waals surface area contributed by atoms with Gasteiger partial charge in [0.25, 0.3) is 0 Å². The molecule has 0 spiro atoms. The second-order valence-electron chi connectivity index (χ2n) is 3.44. The van der Waals surface area contributed by atoms with Crippen LogP contribution in [0.1, 0.15) is 16.8 Å². The summed E-state index contributed by atoms with van der Waals surface area (Å²) in [5.41, 5.74) is -0.293. The first-order valence-electron chi connectivity index (χ1n) is 4.60. The Morgan fingerprint density at radius 3 is 3.00 bits per heavy atom. The van der Waals surface area contributed by atoms with Crippen LogP contribution in [-0.4, -0.2) is 31.7 Å². The molecule has 1 aliphatic heterocycles. The lowest BCUT2D eigenvalue weighted by Gasteiger charge is -2.23. The van der Waals surface area contributed by atoms with Gasteiger partial charge in [-0.2, -0.15) is 0 Å². The Hall–Kier alpha value is -0.420. The lowest BCUT2D eigenvalue weighted by molar-refractivity contribution is -0.00334. The predicted octanol–water partition coefficient (Wildman–Crippen LogP) is 2.39. The number of methoxy groups -OCH3 is 1. The summed E-state index contributed by atoms with van der Waals surface area (Å²) in [6, 6.07) is 1.73. The quantitative estimate of drug-likeness (QED) is 0.769. The molecule has 1 unspecified atom stereocenters. The van der Waals surface area contributed by atoms with Gasteiger partial charge in [0.1, 0.15) is 4.34 Å². The molecule has 1 saturated heterocycles. The summed E-state index contributed by atoms with van der Waals surface area (Å²) in [6.07, 6.45) is 0.592. The Labute approximate surface area is 96.9 Å². The third-order valence-corrected chi connectivity index (χ3v) is 3.82. The number of halogens is 1. The van der Waals surface area contributed by atoms with E-state index in [1.807, 2.05) is 0 Å². The van der Waals surface area contributed by atoms with Crippen molar-refractivity contribution in [2.45, 2.75) is 12.0 Å². The molecular formula is C10H11ClO3S. The Morgan fingerprint density at radius 1 is 1.73 bits per heavy atom. The molecule has 0 bridgehead atoms. The highest BCUT2D eigenvalue weighted by atomic mass is 35.5. The van der Waals surface area contributed by atoms with E-state index in [-0.39, 0.29) is 5.78 Å². The van der Waals surface area contributed by atoms with Crippen molar-refractivity contribution in [3.05, 3.63) is 21.3 Å². The van der Waals surface area contributed by atoms with Crippen LogP contribution in [0.4, 0.5) is 0 Å². The van der Waals surface area contributed by atoms with E-state index in [0.717, 1.165) is 0 Å². The minimum Gasteiger partial charge on any atom is -0.378 e. The van der Waals surface area contributed by atoms with E-state index in [1.165, 1.54) is 18.4 Å². The summed E-state index contributed by atoms with van der Waals surface area (Å²) < 4.78 is 11.1. The monoisotopic (exact) mass is 246 g/mol. The van der Waals surface area contributed by atoms with Crippen molar-refractivity contribution in [1.82, 2.24) is 0 Å². The first-order chi connectivity index (χ1) is 7.19. The highest BCUT2D eigenvalue weighted by Crippen LogP contribution is 2.32. The highest BCUT2D eigenvalue weighted by Gasteiger charge is 2.43. The lowest BCUT2D eigenvalue weighted by atomic mass is 9.93. The zero-order valence-corrected chi connectivity index (χ0v) is 9.86. The summed E-state index contributed by atoms with van der Waals surface area (Å²) in [7, 11) is 1.53. The van der Waals surface area contributed by atoms with Gasteiger partial charge in [-0.3, -0.25) is 4.79 Å². The number of rotatable bonds is 3. The van der Waals surface area contributed by atoms with Gasteiger partial charge >= 0.3 is 0 Å². The molecule has 82 valence electrons. The minimum atomic E-state index is -0.829. The lowest BCUT2D eigenvalue weighted by Crippen LogP contribution is -2.41. The van der Waals surface area contributed by atoms with Crippen LogP contribution in [-0.2, 0) is 9.47 Å². The van der Waals surface area contributed by atoms with Gasteiger partial charge in [0.05, 0.1) is 18.8 Å². The Balaban J connectivity index is 2.30. The molecule has 0 aliphatic carbocycles. The van der Waals surface area contributed by atoms with E-state index < -0.39 is 5.60 Å². The van der Waals surface area contributed by atoms with E-state index >= 15 is 0 Å². The predicted molar refractivity (Wildman–Crippen MR) is 58.8 cm³/mol. The van der Waals surface area contributed by atoms with Gasteiger partial charge in [-0.05, 0) is 11.4 Å². The SMILES string of the molecule is COC1(C(=O)c2ccsc2Cl)CCOC1. The largest absolute Gasteiger partial charge is 0.378 e. The van der Waals surface area contributed by atoms with Gasteiger partial charge in [0, 0.05) is 13.5 Å². The molecule has 0 saturated carbocycles. The van der Waals surface area contributed by atoms with Crippen LogP contribution in [0.5, 0.6) is 0 Å². The van der Waals surface area contributed by atoms with Gasteiger partial charge in [-0.1, -0.05) is 11.6 Å². The van der Waals surface area contributed by atoms with Gasteiger partial charge in [0.15, 0.2) is 11.4 Å². The molecule has 5 heteroatoms. The maximum atomic E-state index is 12.2. The van der Waals surface area contributed by atoms with Gasteiger partial charge in [-0.15, -0.1) is 11.3 Å². The number of hydrogen-bond acceptors (Lipinski definition) is 4. The second kappa shape index (κ2) is 4.22. The van der Waals surface area contributed by atoms with Crippen molar-refractivity contribution < 1.29 is 14.3 Å². The Morgan fingerprint density at radius 2 is 2.53 bits per heavy atom. The van der Waals surface area contributed by atoms with Crippen molar-refractivity contribution >= 4 is 28.7 Å². The van der Waals surface area contributed by atoms with Crippen LogP contribution in [0.3, 0.4) is 0 Å². The number of hydrogen-bond donors (Lipinski definition) is 0. The number of Topliss-reactive ketones (excluding diaryl/α,β-unsaturated/α-hetero) is 1. The maximum Gasteiger partial charge on any atom is 0.199 e. The number of ether oxygens (including phenoxy) is 2. The van der Waals surface area contributed by atoms with Crippen LogP contribution >= 0.6 is 22.9 Å². The van der Waals surface area contributed by atoms with Crippen LogP contribution < -0.4 is 0 Å². The van der Waals surface area contributed by atoms with Gasteiger partial charge in [-0.25, -0.2) is 0 Å². The molecule has 2 heterocycles. The average molecular weight is 247 g/mol. The molecule has 1 aromatic rings. The first-order valence-corrected chi connectivity index (χ1v) is 5.86. The van der Waals surface area contributed by atoms with Crippen molar-refractivity contribution in [2.75, 3.05) is 20.3 Å². The van der Waals surface area contributed by atoms with Gasteiger partial charge < -0.3 is 9.47 Å². The summed E-state index contributed by atoms with van der Waals surface area (Å²) in [6.45, 7) is 0.871. The van der Waals surface area contributed by atoms with E-state index in [9.17, 15) is 4.79 Å². The summed E-state index contributed by atoms with van der Waals surface area (Å²) >= 11 is 7.28. The van der Waals surface area contributed by atoms with E-state index in [2.05, 4.69) is 0 Å². The molecule has 0 N–H and O–H groups in total. The van der Waals surface area contributed by atoms with Crippen molar-refractivity contribution in [2.24, 2.45) is 0 Å². The molecule has 0 radical (unpaired) electrons. The highest BCUT2D eigenvalue weighted by molar-refractivity contribution is 7.14. The molecule has 0 amide bonds. The maximum absolute atomic E-state index is 12.2. The molecule has 15 heavy (non-hydrogen) atoms. The van der Waals surface area contributed by atoms with Crippen LogP contribution in [0.2, 0.25) is 4.34 Å². The molecular weight excluding hydrogens is 236 g/mol. The van der Waals surface area contributed by atoms with Crippen LogP contribution in [0, 0.1) is 0 Å². The number of thiophene rings is 1. The van der Waals surface area contributed by atoms with E-state index in [1.54, 1.807) is 11.4 Å². The molecule has 1 aromatic heterocycles. The van der Waals surface area contributed by atoms with Crippen LogP contribution in [0.25, 0.3) is 0 Å². The second-order valence-corrected chi connectivity index (χ2v) is 4.96. The fraction of sp³-hybridized carbons (Fsp3) is 0.500. The molecule has 1 atom stereocenters. The topological polar surface area (TPSA) is 35.5 Å². The smallest absolute Gasteiger partial charge is 0.199 e. The molecule has 2 rings (SSSR count). The third-order valence-electron chi connectivity index (χ3n) is 2.65. The normalized spacial score (nSPS) is 25.7. The standard InChI is InChI=1S/C10H11ClO3S/c1-13-10(3-4-14-6-10)8(12)7-2-5-15-9(7)11/h2,5H,3-4,6H2,1H3.